The quantitative estimate of drug-likeness (QED) is 0.703. The molecule has 0 radical (unpaired) electrons. The van der Waals surface area contributed by atoms with Crippen molar-refractivity contribution in [1.82, 2.24) is 9.97 Å². The minimum Gasteiger partial charge on any atom is -0.254 e. The smallest absolute Gasteiger partial charge is 0.117 e. The van der Waals surface area contributed by atoms with E-state index in [0.29, 0.717) is 5.92 Å². The molecule has 3 heteroatoms. The van der Waals surface area contributed by atoms with Gasteiger partial charge in [-0.15, -0.1) is 11.8 Å². The average molecular weight is 238 g/mol. The van der Waals surface area contributed by atoms with Crippen LogP contribution in [0.4, 0.5) is 0 Å². The predicted octanol–water partition coefficient (Wildman–Crippen LogP) is 3.88. The molecule has 0 amide bonds. The van der Waals surface area contributed by atoms with Crippen molar-refractivity contribution in [2.45, 2.75) is 52.0 Å². The van der Waals surface area contributed by atoms with Crippen molar-refractivity contribution in [3.8, 4) is 0 Å². The standard InChI is InChI=1S/C13H22N2S/c1-5-7-10(3)8-12-9-14-13(16-6-2)11(4)15-12/h9-10H,5-8H2,1-4H3/t10-/m0/s1. The maximum atomic E-state index is 4.63. The van der Waals surface area contributed by atoms with Crippen molar-refractivity contribution >= 4 is 11.8 Å². The van der Waals surface area contributed by atoms with Gasteiger partial charge in [-0.2, -0.15) is 0 Å². The molecule has 2 nitrogen and oxygen atoms in total. The highest BCUT2D eigenvalue weighted by Crippen LogP contribution is 2.19. The largest absolute Gasteiger partial charge is 0.254 e. The maximum Gasteiger partial charge on any atom is 0.117 e. The molecule has 0 spiro atoms. The summed E-state index contributed by atoms with van der Waals surface area (Å²) >= 11 is 1.77. The molecule has 0 fully saturated rings. The number of thioether (sulfide) groups is 1. The highest BCUT2D eigenvalue weighted by Gasteiger charge is 2.07. The molecule has 0 aliphatic carbocycles. The summed E-state index contributed by atoms with van der Waals surface area (Å²) in [5, 5.41) is 1.08. The molecule has 90 valence electrons. The molecule has 1 heterocycles. The lowest BCUT2D eigenvalue weighted by Crippen LogP contribution is -2.04. The van der Waals surface area contributed by atoms with Crippen LogP contribution in [-0.4, -0.2) is 15.7 Å². The van der Waals surface area contributed by atoms with Crippen molar-refractivity contribution in [2.24, 2.45) is 5.92 Å². The summed E-state index contributed by atoms with van der Waals surface area (Å²) in [5.41, 5.74) is 2.21. The van der Waals surface area contributed by atoms with Crippen molar-refractivity contribution < 1.29 is 0 Å². The maximum absolute atomic E-state index is 4.63. The van der Waals surface area contributed by atoms with E-state index in [0.717, 1.165) is 28.6 Å². The van der Waals surface area contributed by atoms with Crippen LogP contribution >= 0.6 is 11.8 Å². The number of aryl methyl sites for hydroxylation is 1. The zero-order valence-corrected chi connectivity index (χ0v) is 11.6. The van der Waals surface area contributed by atoms with Gasteiger partial charge < -0.3 is 0 Å². The van der Waals surface area contributed by atoms with Crippen LogP contribution in [0.5, 0.6) is 0 Å². The Hall–Kier alpha value is -0.570. The molecule has 0 aliphatic rings. The van der Waals surface area contributed by atoms with E-state index in [1.165, 1.54) is 12.8 Å². The van der Waals surface area contributed by atoms with E-state index < -0.39 is 0 Å². The summed E-state index contributed by atoms with van der Waals surface area (Å²) in [4.78, 5) is 9.11. The Kier molecular flexibility index (Phi) is 5.81. The molecule has 0 bridgehead atoms. The van der Waals surface area contributed by atoms with Crippen LogP contribution in [0.1, 0.15) is 45.0 Å². The lowest BCUT2D eigenvalue weighted by Gasteiger charge is -2.10. The van der Waals surface area contributed by atoms with Gasteiger partial charge in [0.1, 0.15) is 5.03 Å². The Balaban J connectivity index is 2.65. The van der Waals surface area contributed by atoms with Crippen molar-refractivity contribution in [3.63, 3.8) is 0 Å². The summed E-state index contributed by atoms with van der Waals surface area (Å²) in [6.45, 7) is 8.71. The van der Waals surface area contributed by atoms with Crippen LogP contribution in [-0.2, 0) is 6.42 Å². The first-order valence-electron chi connectivity index (χ1n) is 6.12. The summed E-state index contributed by atoms with van der Waals surface area (Å²) in [5.74, 6) is 1.77. The van der Waals surface area contributed by atoms with E-state index in [-0.39, 0.29) is 0 Å². The van der Waals surface area contributed by atoms with Gasteiger partial charge in [0.05, 0.1) is 11.4 Å². The SMILES string of the molecule is CCC[C@H](C)Cc1cnc(SCC)c(C)n1. The fraction of sp³-hybridized carbons (Fsp3) is 0.692. The van der Waals surface area contributed by atoms with E-state index in [9.17, 15) is 0 Å². The number of rotatable bonds is 6. The fourth-order valence-corrected chi connectivity index (χ4v) is 2.50. The van der Waals surface area contributed by atoms with E-state index in [1.54, 1.807) is 11.8 Å². The summed E-state index contributed by atoms with van der Waals surface area (Å²) in [6.07, 6.45) is 5.51. The first kappa shape index (κ1) is 13.5. The topological polar surface area (TPSA) is 25.8 Å². The molecule has 16 heavy (non-hydrogen) atoms. The van der Waals surface area contributed by atoms with Gasteiger partial charge in [0, 0.05) is 6.20 Å². The van der Waals surface area contributed by atoms with Crippen LogP contribution in [0.3, 0.4) is 0 Å². The molecule has 0 N–H and O–H groups in total. The van der Waals surface area contributed by atoms with Crippen LogP contribution < -0.4 is 0 Å². The lowest BCUT2D eigenvalue weighted by molar-refractivity contribution is 0.514. The number of hydrogen-bond acceptors (Lipinski definition) is 3. The predicted molar refractivity (Wildman–Crippen MR) is 70.9 cm³/mol. The molecule has 0 saturated carbocycles. The number of hydrogen-bond donors (Lipinski definition) is 0. The molecular weight excluding hydrogens is 216 g/mol. The van der Waals surface area contributed by atoms with Crippen LogP contribution in [0.2, 0.25) is 0 Å². The molecule has 1 aromatic rings. The van der Waals surface area contributed by atoms with E-state index in [2.05, 4.69) is 37.7 Å². The Bertz CT molecular complexity index is 326. The second-order valence-electron chi connectivity index (χ2n) is 4.28. The first-order chi connectivity index (χ1) is 7.67. The fourth-order valence-electron chi connectivity index (χ4n) is 1.85. The van der Waals surface area contributed by atoms with E-state index >= 15 is 0 Å². The third kappa shape index (κ3) is 4.12. The zero-order chi connectivity index (χ0) is 12.0. The van der Waals surface area contributed by atoms with Gasteiger partial charge in [-0.1, -0.05) is 33.6 Å². The Morgan fingerprint density at radius 1 is 1.38 bits per heavy atom. The van der Waals surface area contributed by atoms with Gasteiger partial charge in [0.15, 0.2) is 0 Å². The van der Waals surface area contributed by atoms with Crippen molar-refractivity contribution in [2.75, 3.05) is 5.75 Å². The minimum atomic E-state index is 0.711. The summed E-state index contributed by atoms with van der Waals surface area (Å²) in [6, 6.07) is 0. The van der Waals surface area contributed by atoms with Gasteiger partial charge in [-0.3, -0.25) is 4.98 Å². The third-order valence-corrected chi connectivity index (χ3v) is 3.53. The second-order valence-corrected chi connectivity index (χ2v) is 5.54. The molecule has 0 aromatic carbocycles. The van der Waals surface area contributed by atoms with Gasteiger partial charge in [-0.05, 0) is 25.0 Å². The lowest BCUT2D eigenvalue weighted by atomic mass is 10.0. The molecule has 1 atom stereocenters. The number of aromatic nitrogens is 2. The minimum absolute atomic E-state index is 0.711. The van der Waals surface area contributed by atoms with Gasteiger partial charge in [0.25, 0.3) is 0 Å². The van der Waals surface area contributed by atoms with E-state index in [4.69, 9.17) is 0 Å². The number of nitrogens with zero attached hydrogens (tertiary/aromatic N) is 2. The van der Waals surface area contributed by atoms with Crippen LogP contribution in [0.15, 0.2) is 11.2 Å². The Morgan fingerprint density at radius 3 is 2.69 bits per heavy atom. The monoisotopic (exact) mass is 238 g/mol. The molecule has 1 rings (SSSR count). The molecule has 0 unspecified atom stereocenters. The molecule has 0 aliphatic heterocycles. The van der Waals surface area contributed by atoms with Crippen LogP contribution in [0, 0.1) is 12.8 Å². The Morgan fingerprint density at radius 2 is 2.12 bits per heavy atom. The van der Waals surface area contributed by atoms with Crippen LogP contribution in [0.25, 0.3) is 0 Å². The molecule has 0 saturated heterocycles. The van der Waals surface area contributed by atoms with Crippen molar-refractivity contribution in [1.29, 1.82) is 0 Å². The average Bonchev–Trinajstić information content (AvgIpc) is 2.22. The normalized spacial score (nSPS) is 12.8. The van der Waals surface area contributed by atoms with E-state index in [1.807, 2.05) is 6.20 Å². The molecule has 1 aromatic heterocycles. The van der Waals surface area contributed by atoms with Gasteiger partial charge in [0.2, 0.25) is 0 Å². The second kappa shape index (κ2) is 6.89. The third-order valence-electron chi connectivity index (χ3n) is 2.57. The first-order valence-corrected chi connectivity index (χ1v) is 7.11. The zero-order valence-electron chi connectivity index (χ0n) is 10.8. The van der Waals surface area contributed by atoms with Crippen molar-refractivity contribution in [3.05, 3.63) is 17.6 Å². The Labute approximate surface area is 103 Å². The van der Waals surface area contributed by atoms with Gasteiger partial charge >= 0.3 is 0 Å². The summed E-state index contributed by atoms with van der Waals surface area (Å²) in [7, 11) is 0. The highest BCUT2D eigenvalue weighted by molar-refractivity contribution is 7.99. The summed E-state index contributed by atoms with van der Waals surface area (Å²) < 4.78 is 0. The van der Waals surface area contributed by atoms with Gasteiger partial charge in [-0.25, -0.2) is 4.98 Å². The molecular formula is C13H22N2S. The highest BCUT2D eigenvalue weighted by atomic mass is 32.2.